The van der Waals surface area contributed by atoms with Gasteiger partial charge in [-0.2, -0.15) is 0 Å². The van der Waals surface area contributed by atoms with Gasteiger partial charge in [-0.1, -0.05) is 29.8 Å². The van der Waals surface area contributed by atoms with Crippen molar-refractivity contribution in [2.24, 2.45) is 0 Å². The number of benzene rings is 1. The number of para-hydroxylation sites is 1. The topological polar surface area (TPSA) is 4.93 Å². The highest BCUT2D eigenvalue weighted by Crippen LogP contribution is 2.31. The van der Waals surface area contributed by atoms with Gasteiger partial charge in [-0.15, -0.1) is 0 Å². The molecular formula is C12H14ClN. The molecule has 0 radical (unpaired) electrons. The van der Waals surface area contributed by atoms with Gasteiger partial charge in [-0.3, -0.25) is 0 Å². The standard InChI is InChI=1S/C12H14ClN/c1-8(2)14-11-7-5-4-6-10(11)9(3)12(14)13/h4-8H,1-3H3. The van der Waals surface area contributed by atoms with Crippen LogP contribution >= 0.6 is 11.6 Å². The Kier molecular flexibility index (Phi) is 2.28. The minimum atomic E-state index is 0.404. The summed E-state index contributed by atoms with van der Waals surface area (Å²) in [5.41, 5.74) is 2.40. The lowest BCUT2D eigenvalue weighted by Crippen LogP contribution is -1.99. The molecule has 1 nitrogen and oxygen atoms in total. The lowest BCUT2D eigenvalue weighted by atomic mass is 10.2. The van der Waals surface area contributed by atoms with E-state index >= 15 is 0 Å². The first-order valence-corrected chi connectivity index (χ1v) is 5.25. The number of fused-ring (bicyclic) bond motifs is 1. The SMILES string of the molecule is Cc1c(Cl)n(C(C)C)c2ccccc12. The van der Waals surface area contributed by atoms with Crippen molar-refractivity contribution in [2.75, 3.05) is 0 Å². The molecule has 2 heteroatoms. The Hall–Kier alpha value is -0.950. The first-order valence-electron chi connectivity index (χ1n) is 4.88. The number of aryl methyl sites for hydroxylation is 1. The van der Waals surface area contributed by atoms with E-state index in [0.717, 1.165) is 5.15 Å². The molecule has 1 aromatic heterocycles. The minimum Gasteiger partial charge on any atom is -0.329 e. The summed E-state index contributed by atoms with van der Waals surface area (Å²) in [4.78, 5) is 0. The lowest BCUT2D eigenvalue weighted by Gasteiger charge is -2.10. The molecular weight excluding hydrogens is 194 g/mol. The van der Waals surface area contributed by atoms with E-state index in [0.29, 0.717) is 6.04 Å². The van der Waals surface area contributed by atoms with Gasteiger partial charge in [-0.05, 0) is 32.4 Å². The maximum atomic E-state index is 6.29. The molecule has 0 saturated heterocycles. The van der Waals surface area contributed by atoms with Gasteiger partial charge in [0.1, 0.15) is 5.15 Å². The van der Waals surface area contributed by atoms with E-state index in [9.17, 15) is 0 Å². The second-order valence-electron chi connectivity index (χ2n) is 3.90. The molecule has 0 amide bonds. The summed E-state index contributed by atoms with van der Waals surface area (Å²) in [5.74, 6) is 0. The summed E-state index contributed by atoms with van der Waals surface area (Å²) in [6.45, 7) is 6.37. The largest absolute Gasteiger partial charge is 0.329 e. The Labute approximate surface area is 89.3 Å². The van der Waals surface area contributed by atoms with E-state index in [2.05, 4.69) is 49.6 Å². The number of rotatable bonds is 1. The third kappa shape index (κ3) is 1.24. The molecule has 0 unspecified atom stereocenters. The molecule has 0 spiro atoms. The molecule has 0 saturated carbocycles. The molecule has 0 N–H and O–H groups in total. The van der Waals surface area contributed by atoms with E-state index < -0.39 is 0 Å². The predicted octanol–water partition coefficient (Wildman–Crippen LogP) is 4.18. The van der Waals surface area contributed by atoms with Crippen LogP contribution in [0.4, 0.5) is 0 Å². The minimum absolute atomic E-state index is 0.404. The molecule has 0 aliphatic heterocycles. The number of hydrogen-bond donors (Lipinski definition) is 0. The summed E-state index contributed by atoms with van der Waals surface area (Å²) in [5, 5.41) is 2.12. The Morgan fingerprint density at radius 2 is 1.86 bits per heavy atom. The van der Waals surface area contributed by atoms with Gasteiger partial charge < -0.3 is 4.57 Å². The van der Waals surface area contributed by atoms with E-state index in [1.165, 1.54) is 16.5 Å². The van der Waals surface area contributed by atoms with Crippen molar-refractivity contribution in [2.45, 2.75) is 26.8 Å². The highest BCUT2D eigenvalue weighted by molar-refractivity contribution is 6.32. The Balaban J connectivity index is 2.88. The van der Waals surface area contributed by atoms with Crippen molar-refractivity contribution in [1.29, 1.82) is 0 Å². The number of halogens is 1. The van der Waals surface area contributed by atoms with Crippen molar-refractivity contribution in [3.8, 4) is 0 Å². The van der Waals surface area contributed by atoms with Gasteiger partial charge >= 0.3 is 0 Å². The number of nitrogens with zero attached hydrogens (tertiary/aromatic N) is 1. The highest BCUT2D eigenvalue weighted by Gasteiger charge is 2.13. The zero-order valence-corrected chi connectivity index (χ0v) is 9.47. The lowest BCUT2D eigenvalue weighted by molar-refractivity contribution is 0.622. The van der Waals surface area contributed by atoms with Crippen LogP contribution in [0.5, 0.6) is 0 Å². The smallest absolute Gasteiger partial charge is 0.113 e. The highest BCUT2D eigenvalue weighted by atomic mass is 35.5. The fourth-order valence-corrected chi connectivity index (χ4v) is 2.29. The van der Waals surface area contributed by atoms with Crippen LogP contribution in [-0.2, 0) is 0 Å². The van der Waals surface area contributed by atoms with Gasteiger partial charge in [-0.25, -0.2) is 0 Å². The normalized spacial score (nSPS) is 11.5. The molecule has 2 rings (SSSR count). The van der Waals surface area contributed by atoms with Gasteiger partial charge in [0.25, 0.3) is 0 Å². The van der Waals surface area contributed by atoms with Crippen LogP contribution < -0.4 is 0 Å². The van der Waals surface area contributed by atoms with Gasteiger partial charge in [0, 0.05) is 16.9 Å². The summed E-state index contributed by atoms with van der Waals surface area (Å²) in [6.07, 6.45) is 0. The second kappa shape index (κ2) is 3.32. The molecule has 1 aromatic carbocycles. The Morgan fingerprint density at radius 1 is 1.21 bits per heavy atom. The quantitative estimate of drug-likeness (QED) is 0.661. The second-order valence-corrected chi connectivity index (χ2v) is 4.25. The Morgan fingerprint density at radius 3 is 2.50 bits per heavy atom. The van der Waals surface area contributed by atoms with E-state index in [4.69, 9.17) is 11.6 Å². The van der Waals surface area contributed by atoms with Crippen molar-refractivity contribution in [3.63, 3.8) is 0 Å². The maximum absolute atomic E-state index is 6.29. The molecule has 74 valence electrons. The number of hydrogen-bond acceptors (Lipinski definition) is 0. The average molecular weight is 208 g/mol. The van der Waals surface area contributed by atoms with Crippen molar-refractivity contribution in [1.82, 2.24) is 4.57 Å². The van der Waals surface area contributed by atoms with E-state index in [-0.39, 0.29) is 0 Å². The van der Waals surface area contributed by atoms with Crippen LogP contribution in [0.1, 0.15) is 25.5 Å². The molecule has 0 fully saturated rings. The van der Waals surface area contributed by atoms with Crippen molar-refractivity contribution in [3.05, 3.63) is 35.0 Å². The van der Waals surface area contributed by atoms with E-state index in [1.54, 1.807) is 0 Å². The van der Waals surface area contributed by atoms with Crippen LogP contribution in [-0.4, -0.2) is 4.57 Å². The molecule has 0 bridgehead atoms. The molecule has 0 aliphatic carbocycles. The van der Waals surface area contributed by atoms with Gasteiger partial charge in [0.15, 0.2) is 0 Å². The van der Waals surface area contributed by atoms with Gasteiger partial charge in [0.05, 0.1) is 0 Å². The molecule has 14 heavy (non-hydrogen) atoms. The molecule has 2 aromatic rings. The predicted molar refractivity (Wildman–Crippen MR) is 62.1 cm³/mol. The fourth-order valence-electron chi connectivity index (χ4n) is 1.90. The Bertz CT molecular complexity index is 468. The first kappa shape index (κ1) is 9.60. The third-order valence-electron chi connectivity index (χ3n) is 2.60. The van der Waals surface area contributed by atoms with Crippen LogP contribution in [0.3, 0.4) is 0 Å². The van der Waals surface area contributed by atoms with Crippen molar-refractivity contribution >= 4 is 22.5 Å². The fraction of sp³-hybridized carbons (Fsp3) is 0.333. The summed E-state index contributed by atoms with van der Waals surface area (Å²) in [7, 11) is 0. The van der Waals surface area contributed by atoms with Crippen LogP contribution in [0.2, 0.25) is 5.15 Å². The average Bonchev–Trinajstić information content (AvgIpc) is 2.41. The maximum Gasteiger partial charge on any atom is 0.113 e. The number of aromatic nitrogens is 1. The van der Waals surface area contributed by atoms with Crippen molar-refractivity contribution < 1.29 is 0 Å². The van der Waals surface area contributed by atoms with Gasteiger partial charge in [0.2, 0.25) is 0 Å². The van der Waals surface area contributed by atoms with E-state index in [1.807, 2.05) is 0 Å². The summed E-state index contributed by atoms with van der Waals surface area (Å²) >= 11 is 6.29. The summed E-state index contributed by atoms with van der Waals surface area (Å²) < 4.78 is 2.17. The van der Waals surface area contributed by atoms with Crippen LogP contribution in [0.15, 0.2) is 24.3 Å². The first-order chi connectivity index (χ1) is 6.63. The van der Waals surface area contributed by atoms with Crippen LogP contribution in [0.25, 0.3) is 10.9 Å². The molecule has 0 aliphatic rings. The summed E-state index contributed by atoms with van der Waals surface area (Å²) in [6, 6.07) is 8.75. The van der Waals surface area contributed by atoms with Crippen LogP contribution in [0, 0.1) is 6.92 Å². The third-order valence-corrected chi connectivity index (χ3v) is 3.07. The zero-order valence-electron chi connectivity index (χ0n) is 8.71. The zero-order chi connectivity index (χ0) is 10.3. The molecule has 0 atom stereocenters. The monoisotopic (exact) mass is 207 g/mol. The molecule has 1 heterocycles.